The Morgan fingerprint density at radius 1 is 1.25 bits per heavy atom. The first-order valence-electron chi connectivity index (χ1n) is 5.99. The summed E-state index contributed by atoms with van der Waals surface area (Å²) in [4.78, 5) is 2.40. The van der Waals surface area contributed by atoms with Gasteiger partial charge in [0.15, 0.2) is 0 Å². The Morgan fingerprint density at radius 3 is 3.06 bits per heavy atom. The third-order valence-electron chi connectivity index (χ3n) is 3.58. The summed E-state index contributed by atoms with van der Waals surface area (Å²) < 4.78 is 0. The Balaban J connectivity index is 2.10. The van der Waals surface area contributed by atoms with Crippen LogP contribution in [0.2, 0.25) is 0 Å². The van der Waals surface area contributed by atoms with Gasteiger partial charge in [-0.2, -0.15) is 0 Å². The molecule has 0 fully saturated rings. The Bertz CT molecular complexity index is 456. The van der Waals surface area contributed by atoms with E-state index in [0.717, 1.165) is 6.54 Å². The van der Waals surface area contributed by atoms with Crippen molar-refractivity contribution in [2.24, 2.45) is 5.92 Å². The molecule has 0 spiro atoms. The third kappa shape index (κ3) is 1.61. The number of nitrogens with zero attached hydrogens (tertiary/aromatic N) is 1. The summed E-state index contributed by atoms with van der Waals surface area (Å²) in [5, 5.41) is 0. The minimum Gasteiger partial charge on any atom is -0.302 e. The zero-order chi connectivity index (χ0) is 11.0. The lowest BCUT2D eigenvalue weighted by Crippen LogP contribution is -2.30. The molecule has 1 atom stereocenters. The summed E-state index contributed by atoms with van der Waals surface area (Å²) in [7, 11) is 2.20. The fraction of sp³-hybridized carbons (Fsp3) is 0.333. The molecule has 1 heterocycles. The van der Waals surface area contributed by atoms with Crippen molar-refractivity contribution in [3.8, 4) is 0 Å². The summed E-state index contributed by atoms with van der Waals surface area (Å²) >= 11 is 0. The first-order chi connectivity index (χ1) is 7.84. The van der Waals surface area contributed by atoms with Gasteiger partial charge in [-0.05, 0) is 30.2 Å². The van der Waals surface area contributed by atoms with Crippen molar-refractivity contribution in [2.75, 3.05) is 20.1 Å². The lowest BCUT2D eigenvalue weighted by molar-refractivity contribution is 0.321. The molecule has 1 aromatic carbocycles. The molecule has 2 aliphatic rings. The molecule has 0 amide bonds. The van der Waals surface area contributed by atoms with Crippen molar-refractivity contribution in [3.05, 3.63) is 47.5 Å². The van der Waals surface area contributed by atoms with Crippen LogP contribution in [0.4, 0.5) is 0 Å². The van der Waals surface area contributed by atoms with Crippen LogP contribution >= 0.6 is 0 Å². The van der Waals surface area contributed by atoms with E-state index in [0.29, 0.717) is 5.92 Å². The van der Waals surface area contributed by atoms with E-state index in [1.807, 2.05) is 0 Å². The normalized spacial score (nSPS) is 24.3. The first-order valence-corrected chi connectivity index (χ1v) is 5.99. The van der Waals surface area contributed by atoms with E-state index in [1.165, 1.54) is 24.1 Å². The number of hydrogen-bond acceptors (Lipinski definition) is 1. The van der Waals surface area contributed by atoms with Crippen molar-refractivity contribution in [1.29, 1.82) is 0 Å². The van der Waals surface area contributed by atoms with Gasteiger partial charge in [-0.15, -0.1) is 0 Å². The fourth-order valence-corrected chi connectivity index (χ4v) is 2.77. The van der Waals surface area contributed by atoms with Gasteiger partial charge in [0.2, 0.25) is 0 Å². The van der Waals surface area contributed by atoms with Crippen molar-refractivity contribution in [2.45, 2.75) is 6.42 Å². The molecule has 0 saturated heterocycles. The van der Waals surface area contributed by atoms with Crippen LogP contribution in [0.25, 0.3) is 11.6 Å². The van der Waals surface area contributed by atoms with E-state index >= 15 is 0 Å². The van der Waals surface area contributed by atoms with Gasteiger partial charge < -0.3 is 4.90 Å². The van der Waals surface area contributed by atoms with E-state index in [-0.39, 0.29) is 0 Å². The Hall–Kier alpha value is -1.34. The summed E-state index contributed by atoms with van der Waals surface area (Å²) in [6.45, 7) is 2.27. The fourth-order valence-electron chi connectivity index (χ4n) is 2.77. The Kier molecular flexibility index (Phi) is 2.41. The maximum Gasteiger partial charge on any atom is 0.0166 e. The van der Waals surface area contributed by atoms with Crippen LogP contribution < -0.4 is 0 Å². The summed E-state index contributed by atoms with van der Waals surface area (Å²) in [6, 6.07) is 8.75. The molecule has 3 rings (SSSR count). The molecule has 1 unspecified atom stereocenters. The van der Waals surface area contributed by atoms with Gasteiger partial charge in [-0.1, -0.05) is 42.5 Å². The molecule has 0 radical (unpaired) electrons. The van der Waals surface area contributed by atoms with Crippen LogP contribution in [0.1, 0.15) is 17.5 Å². The summed E-state index contributed by atoms with van der Waals surface area (Å²) in [6.07, 6.45) is 8.17. The molecule has 0 aromatic heterocycles. The van der Waals surface area contributed by atoms with E-state index in [4.69, 9.17) is 0 Å². The molecule has 1 heteroatoms. The summed E-state index contributed by atoms with van der Waals surface area (Å²) in [5.41, 5.74) is 4.37. The smallest absolute Gasteiger partial charge is 0.0166 e. The molecule has 1 nitrogen and oxygen atoms in total. The molecule has 16 heavy (non-hydrogen) atoms. The predicted molar refractivity (Wildman–Crippen MR) is 69.1 cm³/mol. The number of rotatable bonds is 0. The molecule has 0 N–H and O–H groups in total. The maximum absolute atomic E-state index is 2.40. The van der Waals surface area contributed by atoms with Crippen LogP contribution in [0.3, 0.4) is 0 Å². The van der Waals surface area contributed by atoms with Crippen LogP contribution in [0.15, 0.2) is 36.4 Å². The van der Waals surface area contributed by atoms with Crippen molar-refractivity contribution in [1.82, 2.24) is 4.90 Å². The average molecular weight is 211 g/mol. The van der Waals surface area contributed by atoms with Gasteiger partial charge in [0.25, 0.3) is 0 Å². The standard InChI is InChI=1S/C15H17N/c1-16-10-9-15-13(11-16)7-4-6-12-5-2-3-8-14(12)15/h2-6,8-9,13H,7,10-11H2,1H3. The highest BCUT2D eigenvalue weighted by molar-refractivity contribution is 5.77. The highest BCUT2D eigenvalue weighted by Gasteiger charge is 2.23. The topological polar surface area (TPSA) is 3.24 Å². The largest absolute Gasteiger partial charge is 0.302 e. The average Bonchev–Trinajstić information content (AvgIpc) is 2.47. The molecule has 0 saturated carbocycles. The quantitative estimate of drug-likeness (QED) is 0.637. The SMILES string of the molecule is CN1CC=C2c3ccccc3C=CCC2C1. The van der Waals surface area contributed by atoms with Gasteiger partial charge in [0, 0.05) is 19.0 Å². The zero-order valence-electron chi connectivity index (χ0n) is 9.69. The molecule has 82 valence electrons. The molecule has 1 aromatic rings. The molecule has 1 aliphatic carbocycles. The predicted octanol–water partition coefficient (Wildman–Crippen LogP) is 3.05. The molecular formula is C15H17N. The molecule has 0 bridgehead atoms. The highest BCUT2D eigenvalue weighted by atomic mass is 15.1. The molecular weight excluding hydrogens is 194 g/mol. The van der Waals surface area contributed by atoms with Gasteiger partial charge in [-0.3, -0.25) is 0 Å². The van der Waals surface area contributed by atoms with E-state index in [2.05, 4.69) is 54.4 Å². The van der Waals surface area contributed by atoms with E-state index in [1.54, 1.807) is 5.57 Å². The summed E-state index contributed by atoms with van der Waals surface area (Å²) in [5.74, 6) is 0.679. The third-order valence-corrected chi connectivity index (χ3v) is 3.58. The second-order valence-electron chi connectivity index (χ2n) is 4.80. The van der Waals surface area contributed by atoms with Gasteiger partial charge in [0.1, 0.15) is 0 Å². The Morgan fingerprint density at radius 2 is 2.12 bits per heavy atom. The number of allylic oxidation sites excluding steroid dienone is 1. The zero-order valence-corrected chi connectivity index (χ0v) is 9.69. The highest BCUT2D eigenvalue weighted by Crippen LogP contribution is 2.35. The van der Waals surface area contributed by atoms with Gasteiger partial charge in [0.05, 0.1) is 0 Å². The van der Waals surface area contributed by atoms with Crippen LogP contribution in [-0.2, 0) is 0 Å². The van der Waals surface area contributed by atoms with Crippen molar-refractivity contribution < 1.29 is 0 Å². The van der Waals surface area contributed by atoms with E-state index < -0.39 is 0 Å². The monoisotopic (exact) mass is 211 g/mol. The van der Waals surface area contributed by atoms with E-state index in [9.17, 15) is 0 Å². The van der Waals surface area contributed by atoms with Crippen LogP contribution in [0.5, 0.6) is 0 Å². The second-order valence-corrected chi connectivity index (χ2v) is 4.80. The number of hydrogen-bond donors (Lipinski definition) is 0. The first kappa shape index (κ1) is 9.86. The number of fused-ring (bicyclic) bond motifs is 3. The number of likely N-dealkylation sites (N-methyl/N-ethyl adjacent to an activating group) is 1. The van der Waals surface area contributed by atoms with Gasteiger partial charge >= 0.3 is 0 Å². The van der Waals surface area contributed by atoms with Crippen molar-refractivity contribution >= 4 is 11.6 Å². The minimum atomic E-state index is 0.679. The second kappa shape index (κ2) is 3.91. The lowest BCUT2D eigenvalue weighted by Gasteiger charge is -2.29. The minimum absolute atomic E-state index is 0.679. The lowest BCUT2D eigenvalue weighted by atomic mass is 9.87. The molecule has 1 aliphatic heterocycles. The Labute approximate surface area is 97.1 Å². The van der Waals surface area contributed by atoms with Crippen LogP contribution in [-0.4, -0.2) is 25.0 Å². The van der Waals surface area contributed by atoms with Crippen LogP contribution in [0, 0.1) is 5.92 Å². The maximum atomic E-state index is 2.40. The number of benzene rings is 1. The van der Waals surface area contributed by atoms with Gasteiger partial charge in [-0.25, -0.2) is 0 Å². The van der Waals surface area contributed by atoms with Crippen molar-refractivity contribution in [3.63, 3.8) is 0 Å².